The number of para-hydroxylation sites is 2. The van der Waals surface area contributed by atoms with Gasteiger partial charge in [-0.3, -0.25) is 0 Å². The van der Waals surface area contributed by atoms with E-state index in [-0.39, 0.29) is 23.6 Å². The monoisotopic (exact) mass is 330 g/mol. The summed E-state index contributed by atoms with van der Waals surface area (Å²) in [5, 5.41) is 9.95. The smallest absolute Gasteiger partial charge is 0.165 e. The van der Waals surface area contributed by atoms with Gasteiger partial charge in [0.15, 0.2) is 23.1 Å². The van der Waals surface area contributed by atoms with E-state index in [9.17, 15) is 13.9 Å². The number of benzene rings is 2. The van der Waals surface area contributed by atoms with E-state index in [0.29, 0.717) is 23.7 Å². The van der Waals surface area contributed by atoms with Crippen molar-refractivity contribution in [2.45, 2.75) is 38.2 Å². The minimum Gasteiger partial charge on any atom is -0.505 e. The van der Waals surface area contributed by atoms with E-state index in [1.54, 1.807) is 18.2 Å². The summed E-state index contributed by atoms with van der Waals surface area (Å²) in [5.41, 5.74) is 1.54. The zero-order chi connectivity index (χ0) is 16.7. The minimum absolute atomic E-state index is 0.0779. The van der Waals surface area contributed by atoms with Crippen molar-refractivity contribution in [2.75, 3.05) is 0 Å². The summed E-state index contributed by atoms with van der Waals surface area (Å²) in [5.74, 6) is -0.307. The highest BCUT2D eigenvalue weighted by atomic mass is 19.1. The fourth-order valence-electron chi connectivity index (χ4n) is 4.26. The first-order valence-corrected chi connectivity index (χ1v) is 8.54. The van der Waals surface area contributed by atoms with Gasteiger partial charge in [0, 0.05) is 11.8 Å². The maximum atomic E-state index is 14.1. The number of halogens is 2. The molecule has 4 rings (SSSR count). The average molecular weight is 330 g/mol. The van der Waals surface area contributed by atoms with Crippen LogP contribution in [0.3, 0.4) is 0 Å². The van der Waals surface area contributed by atoms with Crippen LogP contribution in [0.5, 0.6) is 11.5 Å². The van der Waals surface area contributed by atoms with Crippen LogP contribution in [0.25, 0.3) is 0 Å². The molecule has 1 fully saturated rings. The molecule has 1 N–H and O–H groups in total. The molecule has 2 nitrogen and oxygen atoms in total. The Hall–Kier alpha value is -2.10. The summed E-state index contributed by atoms with van der Waals surface area (Å²) in [7, 11) is 0. The number of aromatic hydroxyl groups is 1. The number of fused-ring (bicyclic) bond motifs is 2. The first-order chi connectivity index (χ1) is 11.6. The minimum atomic E-state index is -0.596. The second kappa shape index (κ2) is 6.08. The lowest BCUT2D eigenvalue weighted by Crippen LogP contribution is -2.43. The first-order valence-electron chi connectivity index (χ1n) is 8.54. The lowest BCUT2D eigenvalue weighted by atomic mass is 9.72. The lowest BCUT2D eigenvalue weighted by Gasteiger charge is -2.42. The molecule has 1 aliphatic heterocycles. The summed E-state index contributed by atoms with van der Waals surface area (Å²) in [6.07, 6.45) is 4.38. The zero-order valence-corrected chi connectivity index (χ0v) is 13.3. The molecular weight excluding hydrogens is 310 g/mol. The van der Waals surface area contributed by atoms with Crippen molar-refractivity contribution >= 4 is 0 Å². The van der Waals surface area contributed by atoms with Crippen LogP contribution in [0, 0.1) is 23.5 Å². The van der Waals surface area contributed by atoms with Crippen molar-refractivity contribution in [3.05, 3.63) is 59.2 Å². The molecule has 1 aliphatic carbocycles. The van der Waals surface area contributed by atoms with E-state index in [4.69, 9.17) is 4.74 Å². The Bertz CT molecular complexity index is 759. The normalized spacial score (nSPS) is 25.5. The Kier molecular flexibility index (Phi) is 3.91. The molecule has 2 unspecified atom stereocenters. The number of hydrogen-bond acceptors (Lipinski definition) is 2. The Morgan fingerprint density at radius 3 is 2.71 bits per heavy atom. The quantitative estimate of drug-likeness (QED) is 0.870. The van der Waals surface area contributed by atoms with Gasteiger partial charge in [0.2, 0.25) is 0 Å². The number of phenols is 1. The number of rotatable bonds is 2. The second-order valence-electron chi connectivity index (χ2n) is 6.92. The van der Waals surface area contributed by atoms with Crippen molar-refractivity contribution in [3.8, 4) is 11.5 Å². The summed E-state index contributed by atoms with van der Waals surface area (Å²) in [4.78, 5) is 0. The maximum absolute atomic E-state index is 14.1. The molecule has 3 atom stereocenters. The van der Waals surface area contributed by atoms with E-state index in [1.165, 1.54) is 12.1 Å². The van der Waals surface area contributed by atoms with Crippen molar-refractivity contribution in [1.82, 2.24) is 0 Å². The van der Waals surface area contributed by atoms with Crippen molar-refractivity contribution in [3.63, 3.8) is 0 Å². The van der Waals surface area contributed by atoms with Gasteiger partial charge in [0.05, 0.1) is 0 Å². The van der Waals surface area contributed by atoms with Gasteiger partial charge in [0.25, 0.3) is 0 Å². The molecule has 1 heterocycles. The van der Waals surface area contributed by atoms with Crippen molar-refractivity contribution < 1.29 is 18.6 Å². The fourth-order valence-corrected chi connectivity index (χ4v) is 4.26. The summed E-state index contributed by atoms with van der Waals surface area (Å²) in [6, 6.07) is 9.70. The van der Waals surface area contributed by atoms with E-state index < -0.39 is 5.82 Å². The Morgan fingerprint density at radius 2 is 1.83 bits per heavy atom. The predicted octanol–water partition coefficient (Wildman–Crippen LogP) is 4.63. The van der Waals surface area contributed by atoms with Gasteiger partial charge in [-0.05, 0) is 48.9 Å². The molecule has 0 saturated heterocycles. The van der Waals surface area contributed by atoms with Gasteiger partial charge in [0.1, 0.15) is 6.10 Å². The summed E-state index contributed by atoms with van der Waals surface area (Å²) < 4.78 is 33.7. The number of ether oxygens (including phenoxy) is 1. The molecule has 126 valence electrons. The average Bonchev–Trinajstić information content (AvgIpc) is 2.58. The van der Waals surface area contributed by atoms with Gasteiger partial charge >= 0.3 is 0 Å². The van der Waals surface area contributed by atoms with E-state index in [1.807, 2.05) is 6.07 Å². The third-order valence-electron chi connectivity index (χ3n) is 5.42. The standard InChI is InChI=1S/C20H20F2O2/c21-16-8-2-4-12(18(16)23)10-13-5-1-6-14-11-15-7-3-9-17(22)20(15)24-19(13)14/h2-4,7-9,13-14,19,23H,1,5-6,10-11H2/t13-,14?,19?/m0/s1. The van der Waals surface area contributed by atoms with Gasteiger partial charge in [-0.1, -0.05) is 30.7 Å². The molecular formula is C20H20F2O2. The third kappa shape index (κ3) is 2.64. The van der Waals surface area contributed by atoms with Crippen molar-refractivity contribution in [2.24, 2.45) is 11.8 Å². The van der Waals surface area contributed by atoms with Crippen LogP contribution in [-0.4, -0.2) is 11.2 Å². The van der Waals surface area contributed by atoms with Crippen LogP contribution in [0.4, 0.5) is 8.78 Å². The molecule has 0 radical (unpaired) electrons. The van der Waals surface area contributed by atoms with Crippen LogP contribution in [0.1, 0.15) is 30.4 Å². The van der Waals surface area contributed by atoms with Gasteiger partial charge in [-0.25, -0.2) is 8.78 Å². The molecule has 0 amide bonds. The fraction of sp³-hybridized carbons (Fsp3) is 0.400. The van der Waals surface area contributed by atoms with Crippen LogP contribution in [-0.2, 0) is 12.8 Å². The third-order valence-corrected chi connectivity index (χ3v) is 5.42. The zero-order valence-electron chi connectivity index (χ0n) is 13.3. The molecule has 4 heteroatoms. The highest BCUT2D eigenvalue weighted by Crippen LogP contribution is 2.43. The van der Waals surface area contributed by atoms with Gasteiger partial charge < -0.3 is 9.84 Å². The first kappa shape index (κ1) is 15.4. The van der Waals surface area contributed by atoms with E-state index in [0.717, 1.165) is 31.2 Å². The Balaban J connectivity index is 1.61. The summed E-state index contributed by atoms with van der Waals surface area (Å²) >= 11 is 0. The molecule has 2 aliphatic rings. The Labute approximate surface area is 140 Å². The molecule has 24 heavy (non-hydrogen) atoms. The van der Waals surface area contributed by atoms with Crippen LogP contribution < -0.4 is 4.74 Å². The molecule has 0 spiro atoms. The number of phenolic OH excluding ortho intramolecular Hbond substituents is 1. The lowest BCUT2D eigenvalue weighted by molar-refractivity contribution is 0.0209. The highest BCUT2D eigenvalue weighted by molar-refractivity contribution is 5.38. The van der Waals surface area contributed by atoms with E-state index in [2.05, 4.69) is 0 Å². The van der Waals surface area contributed by atoms with Crippen LogP contribution in [0.2, 0.25) is 0 Å². The number of hydrogen-bond donors (Lipinski definition) is 1. The van der Waals surface area contributed by atoms with Crippen molar-refractivity contribution in [1.29, 1.82) is 0 Å². The molecule has 2 aromatic carbocycles. The SMILES string of the molecule is Oc1c(F)cccc1C[C@@H]1CCCC2Cc3cccc(F)c3OC21. The maximum Gasteiger partial charge on any atom is 0.165 e. The molecule has 2 aromatic rings. The van der Waals surface area contributed by atoms with Crippen LogP contribution >= 0.6 is 0 Å². The highest BCUT2D eigenvalue weighted by Gasteiger charge is 2.39. The second-order valence-corrected chi connectivity index (χ2v) is 6.92. The largest absolute Gasteiger partial charge is 0.505 e. The van der Waals surface area contributed by atoms with Gasteiger partial charge in [-0.15, -0.1) is 0 Å². The van der Waals surface area contributed by atoms with Crippen LogP contribution in [0.15, 0.2) is 36.4 Å². The molecule has 1 saturated carbocycles. The molecule has 0 aromatic heterocycles. The Morgan fingerprint density at radius 1 is 1.04 bits per heavy atom. The topological polar surface area (TPSA) is 29.5 Å². The van der Waals surface area contributed by atoms with E-state index >= 15 is 0 Å². The van der Waals surface area contributed by atoms with Gasteiger partial charge in [-0.2, -0.15) is 0 Å². The summed E-state index contributed by atoms with van der Waals surface area (Å²) in [6.45, 7) is 0. The molecule has 0 bridgehead atoms. The predicted molar refractivity (Wildman–Crippen MR) is 87.1 cm³/mol.